The Balaban J connectivity index is 1.51. The lowest BCUT2D eigenvalue weighted by Crippen LogP contribution is -2.54. The molecular weight excluding hydrogens is 433 g/mol. The van der Waals surface area contributed by atoms with Crippen molar-refractivity contribution in [1.29, 1.82) is 0 Å². The number of nitrogens with one attached hydrogen (secondary N) is 1. The number of pyridine rings is 1. The monoisotopic (exact) mass is 462 g/mol. The molecule has 2 aliphatic rings. The molecule has 1 aromatic carbocycles. The summed E-state index contributed by atoms with van der Waals surface area (Å²) in [5, 5.41) is 3.16. The molecule has 1 aliphatic heterocycles. The topological polar surface area (TPSA) is 57.7 Å². The Kier molecular flexibility index (Phi) is 6.26. The molecule has 2 aromatic rings. The molecule has 2 fully saturated rings. The van der Waals surface area contributed by atoms with Crippen molar-refractivity contribution >= 4 is 11.8 Å². The quantitative estimate of drug-likeness (QED) is 0.688. The van der Waals surface area contributed by atoms with E-state index < -0.39 is 18.6 Å². The highest BCUT2D eigenvalue weighted by atomic mass is 19.3. The largest absolute Gasteiger partial charge is 0.486 e. The molecule has 178 valence electrons. The van der Waals surface area contributed by atoms with E-state index in [9.17, 15) is 18.0 Å². The summed E-state index contributed by atoms with van der Waals surface area (Å²) in [7, 11) is 4.01. The average molecular weight is 463 g/mol. The second kappa shape index (κ2) is 8.85. The third-order valence-corrected chi connectivity index (χ3v) is 6.99. The maximum atomic E-state index is 14.0. The van der Waals surface area contributed by atoms with Gasteiger partial charge in [-0.2, -0.15) is 0 Å². The first kappa shape index (κ1) is 23.4. The number of nitrogens with zero attached hydrogens (tertiary/aromatic N) is 3. The molecule has 1 saturated heterocycles. The molecule has 1 saturated carbocycles. The van der Waals surface area contributed by atoms with E-state index in [1.807, 2.05) is 20.2 Å². The number of aromatic nitrogens is 1. The average Bonchev–Trinajstić information content (AvgIpc) is 3.08. The Morgan fingerprint density at radius 3 is 2.55 bits per heavy atom. The van der Waals surface area contributed by atoms with E-state index in [1.54, 1.807) is 30.0 Å². The van der Waals surface area contributed by atoms with Crippen LogP contribution in [0.2, 0.25) is 0 Å². The number of halogens is 3. The van der Waals surface area contributed by atoms with E-state index in [1.165, 1.54) is 12.3 Å². The number of urea groups is 1. The highest BCUT2D eigenvalue weighted by molar-refractivity contribution is 5.95. The molecular formula is C24H29F3N4O2. The van der Waals surface area contributed by atoms with Crippen molar-refractivity contribution in [3.05, 3.63) is 53.5 Å². The molecule has 2 heterocycles. The van der Waals surface area contributed by atoms with Crippen molar-refractivity contribution in [2.24, 2.45) is 0 Å². The van der Waals surface area contributed by atoms with Crippen LogP contribution in [-0.2, 0) is 5.54 Å². The van der Waals surface area contributed by atoms with Gasteiger partial charge in [-0.1, -0.05) is 12.1 Å². The van der Waals surface area contributed by atoms with Gasteiger partial charge in [0.05, 0.1) is 18.3 Å². The Labute approximate surface area is 191 Å². The van der Waals surface area contributed by atoms with E-state index >= 15 is 0 Å². The number of benzene rings is 1. The van der Waals surface area contributed by atoms with Gasteiger partial charge in [-0.3, -0.25) is 9.80 Å². The predicted molar refractivity (Wildman–Crippen MR) is 119 cm³/mol. The van der Waals surface area contributed by atoms with Crippen LogP contribution in [0.15, 0.2) is 36.5 Å². The van der Waals surface area contributed by atoms with Crippen LogP contribution in [0.4, 0.5) is 23.8 Å². The smallest absolute Gasteiger partial charge is 0.323 e. The predicted octanol–water partition coefficient (Wildman–Crippen LogP) is 4.47. The number of aryl methyl sites for hydroxylation is 1. The lowest BCUT2D eigenvalue weighted by molar-refractivity contribution is 0.0655. The standard InChI is InChI=1S/C24H29F3N4O2/c1-16-11-19(33-14-20(26)27)13-28-21(16)31-15-23(29-22(31)32)7-9-24(10-8-23,30(2)3)17-5-4-6-18(25)12-17/h4-6,11-13,20H,7-10,14-15H2,1-3H3,(H,29,32). The van der Waals surface area contributed by atoms with Crippen molar-refractivity contribution < 1.29 is 22.7 Å². The van der Waals surface area contributed by atoms with Crippen LogP contribution in [0.1, 0.15) is 36.8 Å². The summed E-state index contributed by atoms with van der Waals surface area (Å²) >= 11 is 0. The SMILES string of the molecule is Cc1cc(OCC(F)F)cnc1N1CC2(CCC(c3cccc(F)c3)(N(C)C)CC2)NC1=O. The summed E-state index contributed by atoms with van der Waals surface area (Å²) in [6.45, 7) is 1.54. The van der Waals surface area contributed by atoms with Gasteiger partial charge in [0.2, 0.25) is 0 Å². The van der Waals surface area contributed by atoms with Crippen LogP contribution in [0.5, 0.6) is 5.75 Å². The van der Waals surface area contributed by atoms with Crippen LogP contribution < -0.4 is 15.0 Å². The number of alkyl halides is 2. The van der Waals surface area contributed by atoms with Crippen molar-refractivity contribution in [3.8, 4) is 5.75 Å². The summed E-state index contributed by atoms with van der Waals surface area (Å²) < 4.78 is 43.8. The van der Waals surface area contributed by atoms with Crippen molar-refractivity contribution in [3.63, 3.8) is 0 Å². The molecule has 1 spiro atoms. The Morgan fingerprint density at radius 2 is 1.94 bits per heavy atom. The number of amides is 2. The zero-order valence-electron chi connectivity index (χ0n) is 19.1. The minimum absolute atomic E-state index is 0.227. The van der Waals surface area contributed by atoms with E-state index in [0.29, 0.717) is 17.9 Å². The molecule has 1 aromatic heterocycles. The van der Waals surface area contributed by atoms with Crippen LogP contribution in [-0.4, -0.2) is 55.1 Å². The molecule has 0 radical (unpaired) electrons. The van der Waals surface area contributed by atoms with Crippen molar-refractivity contribution in [2.75, 3.05) is 32.1 Å². The minimum Gasteiger partial charge on any atom is -0.486 e. The highest BCUT2D eigenvalue weighted by Crippen LogP contribution is 2.46. The van der Waals surface area contributed by atoms with Gasteiger partial charge in [0.15, 0.2) is 0 Å². The lowest BCUT2D eigenvalue weighted by atomic mass is 9.69. The third kappa shape index (κ3) is 4.51. The van der Waals surface area contributed by atoms with Gasteiger partial charge in [-0.05, 0) is 76.0 Å². The molecule has 0 bridgehead atoms. The number of carbonyl (C=O) groups is 1. The van der Waals surface area contributed by atoms with Gasteiger partial charge < -0.3 is 10.1 Å². The van der Waals surface area contributed by atoms with Gasteiger partial charge in [0.25, 0.3) is 6.43 Å². The molecule has 2 amide bonds. The second-order valence-corrected chi connectivity index (χ2v) is 9.25. The number of hydrogen-bond donors (Lipinski definition) is 1. The van der Waals surface area contributed by atoms with Gasteiger partial charge in [-0.25, -0.2) is 22.9 Å². The summed E-state index contributed by atoms with van der Waals surface area (Å²) in [5.74, 6) is 0.481. The van der Waals surface area contributed by atoms with Crippen molar-refractivity contribution in [1.82, 2.24) is 15.2 Å². The van der Waals surface area contributed by atoms with Crippen molar-refractivity contribution in [2.45, 2.75) is 50.1 Å². The van der Waals surface area contributed by atoms with Crippen LogP contribution in [0, 0.1) is 12.7 Å². The first-order chi connectivity index (χ1) is 15.6. The Bertz CT molecular complexity index is 1020. The van der Waals surface area contributed by atoms with E-state index in [-0.39, 0.29) is 23.1 Å². The summed E-state index contributed by atoms with van der Waals surface area (Å²) in [4.78, 5) is 21.0. The normalized spacial score (nSPS) is 25.2. The molecule has 4 rings (SSSR count). The lowest BCUT2D eigenvalue weighted by Gasteiger charge is -2.48. The number of anilines is 1. The van der Waals surface area contributed by atoms with E-state index in [2.05, 4.69) is 15.2 Å². The maximum Gasteiger partial charge on any atom is 0.323 e. The molecule has 33 heavy (non-hydrogen) atoms. The fraction of sp³-hybridized carbons (Fsp3) is 0.500. The minimum atomic E-state index is -2.57. The zero-order valence-corrected chi connectivity index (χ0v) is 19.1. The van der Waals surface area contributed by atoms with Gasteiger partial charge in [-0.15, -0.1) is 0 Å². The fourth-order valence-electron chi connectivity index (χ4n) is 5.14. The second-order valence-electron chi connectivity index (χ2n) is 9.25. The molecule has 1 aliphatic carbocycles. The number of ether oxygens (including phenoxy) is 1. The van der Waals surface area contributed by atoms with Gasteiger partial charge in [0, 0.05) is 5.54 Å². The number of hydrogen-bond acceptors (Lipinski definition) is 4. The molecule has 1 N–H and O–H groups in total. The number of carbonyl (C=O) groups excluding carboxylic acids is 1. The fourth-order valence-corrected chi connectivity index (χ4v) is 5.14. The first-order valence-corrected chi connectivity index (χ1v) is 11.0. The molecule has 9 heteroatoms. The zero-order chi connectivity index (χ0) is 23.8. The van der Waals surface area contributed by atoms with Gasteiger partial charge in [0.1, 0.15) is 24.0 Å². The van der Waals surface area contributed by atoms with E-state index in [4.69, 9.17) is 4.74 Å². The van der Waals surface area contributed by atoms with Gasteiger partial charge >= 0.3 is 6.03 Å². The third-order valence-electron chi connectivity index (χ3n) is 6.99. The van der Waals surface area contributed by atoms with Crippen LogP contribution in [0.3, 0.4) is 0 Å². The van der Waals surface area contributed by atoms with Crippen LogP contribution in [0.25, 0.3) is 0 Å². The first-order valence-electron chi connectivity index (χ1n) is 11.0. The highest BCUT2D eigenvalue weighted by Gasteiger charge is 2.50. The Hall–Kier alpha value is -2.81. The van der Waals surface area contributed by atoms with Crippen LogP contribution >= 0.6 is 0 Å². The molecule has 6 nitrogen and oxygen atoms in total. The van der Waals surface area contributed by atoms with E-state index in [0.717, 1.165) is 31.2 Å². The summed E-state index contributed by atoms with van der Waals surface area (Å²) in [6, 6.07) is 8.14. The maximum absolute atomic E-state index is 14.0. The summed E-state index contributed by atoms with van der Waals surface area (Å²) in [5.41, 5.74) is 0.916. The molecule has 0 atom stereocenters. The summed E-state index contributed by atoms with van der Waals surface area (Å²) in [6.07, 6.45) is 1.80. The molecule has 0 unspecified atom stereocenters. The Morgan fingerprint density at radius 1 is 1.21 bits per heavy atom. The number of rotatable bonds is 6.